The normalized spacial score (nSPS) is 20.5. The predicted octanol–water partition coefficient (Wildman–Crippen LogP) is 6.38. The van der Waals surface area contributed by atoms with Crippen LogP contribution in [-0.2, 0) is 29.7 Å². The Morgan fingerprint density at radius 2 is 1.07 bits per heavy atom. The van der Waals surface area contributed by atoms with E-state index in [2.05, 4.69) is 24.3 Å². The van der Waals surface area contributed by atoms with Crippen molar-refractivity contribution in [2.45, 2.75) is 35.9 Å². The molecule has 0 N–H and O–H groups in total. The number of hydrogen-bond acceptors (Lipinski definition) is 0. The Balaban J connectivity index is 2.02. The fourth-order valence-electron chi connectivity index (χ4n) is 2.84. The molecule has 2 aromatic carbocycles. The number of rotatable bonds is 3. The zero-order valence-electron chi connectivity index (χ0n) is 15.2. The fraction of sp³-hybridized carbons (Fsp3) is 0.273. The van der Waals surface area contributed by atoms with Gasteiger partial charge in [-0.15, -0.1) is 0 Å². The molecule has 0 nitrogen and oxygen atoms in total. The van der Waals surface area contributed by atoms with Crippen LogP contribution in [0.1, 0.15) is 30.4 Å². The van der Waals surface area contributed by atoms with E-state index in [0.717, 1.165) is 51.4 Å². The third-order valence-electron chi connectivity index (χ3n) is 4.28. The number of alkyl halides is 6. The van der Waals surface area contributed by atoms with Crippen LogP contribution in [0.5, 0.6) is 0 Å². The van der Waals surface area contributed by atoms with Crippen molar-refractivity contribution in [1.82, 2.24) is 0 Å². The van der Waals surface area contributed by atoms with E-state index in [1.807, 2.05) is 0 Å². The number of halogens is 6. The molecule has 7 heteroatoms. The van der Waals surface area contributed by atoms with Gasteiger partial charge in [-0.05, 0) is 0 Å². The molecule has 0 saturated heterocycles. The summed E-state index contributed by atoms with van der Waals surface area (Å²) in [6, 6.07) is 10.2. The van der Waals surface area contributed by atoms with Crippen molar-refractivity contribution in [3.63, 3.8) is 0 Å². The van der Waals surface area contributed by atoms with Gasteiger partial charge in [-0.3, -0.25) is 0 Å². The van der Waals surface area contributed by atoms with Crippen LogP contribution in [0.25, 0.3) is 0 Å². The molecule has 0 amide bonds. The molecule has 1 atom stereocenters. The van der Waals surface area contributed by atoms with Crippen molar-refractivity contribution >= 4 is 7.91 Å². The topological polar surface area (TPSA) is 0 Å². The van der Waals surface area contributed by atoms with Gasteiger partial charge in [0, 0.05) is 0 Å². The second-order valence-corrected chi connectivity index (χ2v) is 12.6. The monoisotopic (exact) mass is 592 g/mol. The quantitative estimate of drug-likeness (QED) is 0.287. The van der Waals surface area contributed by atoms with Gasteiger partial charge < -0.3 is 0 Å². The average Bonchev–Trinajstić information content (AvgIpc) is 2.63. The van der Waals surface area contributed by atoms with E-state index in [0.29, 0.717) is 0 Å². The van der Waals surface area contributed by atoms with E-state index in [1.165, 1.54) is 24.3 Å². The van der Waals surface area contributed by atoms with Crippen LogP contribution in [-0.4, -0.2) is 0 Å². The van der Waals surface area contributed by atoms with Crippen LogP contribution in [0, 0.1) is 0 Å². The molecule has 0 aliphatic heterocycles. The third-order valence-corrected chi connectivity index (χ3v) is 11.3. The van der Waals surface area contributed by atoms with Crippen LogP contribution in [0.2, 0.25) is 4.31 Å². The van der Waals surface area contributed by atoms with E-state index in [-0.39, 0.29) is 4.31 Å². The minimum atomic E-state index is -4.42. The first-order valence-electron chi connectivity index (χ1n) is 8.91. The second kappa shape index (κ2) is 8.91. The van der Waals surface area contributed by atoms with E-state index < -0.39 is 40.8 Å². The molecular formula is C22H19F6Pt. The summed E-state index contributed by atoms with van der Waals surface area (Å²) in [5.41, 5.74) is -1.45. The van der Waals surface area contributed by atoms with Crippen molar-refractivity contribution < 1.29 is 43.7 Å². The van der Waals surface area contributed by atoms with Crippen molar-refractivity contribution in [2.75, 3.05) is 0 Å². The van der Waals surface area contributed by atoms with Gasteiger partial charge in [0.2, 0.25) is 0 Å². The van der Waals surface area contributed by atoms with E-state index in [1.54, 1.807) is 0 Å². The predicted molar refractivity (Wildman–Crippen MR) is 98.0 cm³/mol. The number of benzene rings is 2. The van der Waals surface area contributed by atoms with Crippen molar-refractivity contribution in [1.29, 1.82) is 0 Å². The molecule has 159 valence electrons. The van der Waals surface area contributed by atoms with Gasteiger partial charge in [0.1, 0.15) is 0 Å². The summed E-state index contributed by atoms with van der Waals surface area (Å²) in [6.45, 7) is 0. The molecule has 3 rings (SSSR count). The van der Waals surface area contributed by atoms with Crippen LogP contribution in [0.15, 0.2) is 72.8 Å². The first-order chi connectivity index (χ1) is 13.7. The summed E-state index contributed by atoms with van der Waals surface area (Å²) < 4.78 is 79.3. The standard InChI is InChI=1S/C8H11.2C7H4F3.Pt/c1-2-4-6-8-7-5-3-1;2*8-7(9,10)6-4-2-1-3-5-6;/h1-3,6,8H,4-5,7H2;2*2-5H;/b3-1-,8-6-;;;. The van der Waals surface area contributed by atoms with Gasteiger partial charge >= 0.3 is 171 Å². The molecule has 1 aliphatic rings. The summed E-state index contributed by atoms with van der Waals surface area (Å²) in [7, 11) is 0. The molecule has 0 heterocycles. The summed E-state index contributed by atoms with van der Waals surface area (Å²) in [5, 5.41) is 0. The molecule has 0 bridgehead atoms. The van der Waals surface area contributed by atoms with Gasteiger partial charge in [0.15, 0.2) is 0 Å². The van der Waals surface area contributed by atoms with E-state index in [4.69, 9.17) is 0 Å². The molecule has 1 aliphatic carbocycles. The average molecular weight is 592 g/mol. The van der Waals surface area contributed by atoms with Gasteiger partial charge in [0.25, 0.3) is 0 Å². The maximum absolute atomic E-state index is 12.9. The molecule has 0 spiro atoms. The molecule has 0 aromatic heterocycles. The molecule has 0 fully saturated rings. The van der Waals surface area contributed by atoms with Crippen molar-refractivity contribution in [3.8, 4) is 0 Å². The van der Waals surface area contributed by atoms with Gasteiger partial charge in [-0.2, -0.15) is 0 Å². The molecule has 0 saturated carbocycles. The fourth-order valence-corrected chi connectivity index (χ4v) is 9.52. The van der Waals surface area contributed by atoms with Gasteiger partial charge in [-0.1, -0.05) is 0 Å². The molecule has 29 heavy (non-hydrogen) atoms. The Kier molecular flexibility index (Phi) is 6.72. The first kappa shape index (κ1) is 21.9. The SMILES string of the molecule is FC(F)(F)c1cc[c]([Pt]([c]2ccc(C(F)(F)F)cc2)[C@H]2/C=C\CC/C=C\C2)cc1. The van der Waals surface area contributed by atoms with E-state index in [9.17, 15) is 26.3 Å². The third kappa shape index (κ3) is 5.63. The van der Waals surface area contributed by atoms with Crippen LogP contribution >= 0.6 is 0 Å². The number of hydrogen-bond donors (Lipinski definition) is 0. The summed E-state index contributed by atoms with van der Waals surface area (Å²) in [4.78, 5) is 0. The molecule has 2 aromatic rings. The summed E-state index contributed by atoms with van der Waals surface area (Å²) >= 11 is -2.34. The van der Waals surface area contributed by atoms with Gasteiger partial charge in [-0.25, -0.2) is 0 Å². The Hall–Kier alpha value is -1.81. The molecule has 0 radical (unpaired) electrons. The maximum atomic E-state index is 12.9. The van der Waals surface area contributed by atoms with Crippen LogP contribution in [0.4, 0.5) is 26.3 Å². The van der Waals surface area contributed by atoms with Crippen molar-refractivity contribution in [3.05, 3.63) is 84.0 Å². The Morgan fingerprint density at radius 3 is 1.52 bits per heavy atom. The van der Waals surface area contributed by atoms with Gasteiger partial charge in [0.05, 0.1) is 0 Å². The van der Waals surface area contributed by atoms with E-state index >= 15 is 0 Å². The summed E-state index contributed by atoms with van der Waals surface area (Å²) in [5.74, 6) is 0. The van der Waals surface area contributed by atoms with Crippen molar-refractivity contribution in [2.24, 2.45) is 0 Å². The summed E-state index contributed by atoms with van der Waals surface area (Å²) in [6.07, 6.45) is 1.97. The Bertz CT molecular complexity index is 803. The Labute approximate surface area is 171 Å². The van der Waals surface area contributed by atoms with Crippen LogP contribution in [0.3, 0.4) is 0 Å². The second-order valence-electron chi connectivity index (χ2n) is 6.38. The zero-order valence-corrected chi connectivity index (χ0v) is 17.5. The molecule has 0 unspecified atom stereocenters. The van der Waals surface area contributed by atoms with Crippen LogP contribution < -0.4 is 7.91 Å². The minimum absolute atomic E-state index is 0.0880. The Morgan fingerprint density at radius 1 is 0.621 bits per heavy atom. The molecular weight excluding hydrogens is 573 g/mol. The zero-order chi connectivity index (χ0) is 21.1. The first-order valence-corrected chi connectivity index (χ1v) is 12.5. The number of allylic oxidation sites excluding steroid dienone is 4.